The zero-order chi connectivity index (χ0) is 18.9. The number of para-hydroxylation sites is 1. The van der Waals surface area contributed by atoms with Crippen molar-refractivity contribution in [1.82, 2.24) is 15.8 Å². The lowest BCUT2D eigenvalue weighted by molar-refractivity contribution is 0.474. The summed E-state index contributed by atoms with van der Waals surface area (Å²) in [5.41, 5.74) is 8.30. The third kappa shape index (κ3) is 5.20. The van der Waals surface area contributed by atoms with E-state index in [9.17, 15) is 5.11 Å². The lowest BCUT2D eigenvalue weighted by Gasteiger charge is -2.08. The third-order valence-corrected chi connectivity index (χ3v) is 3.71. The van der Waals surface area contributed by atoms with Crippen molar-refractivity contribution in [3.05, 3.63) is 95.8 Å². The molecule has 0 bridgehead atoms. The smallest absolute Gasteiger partial charge is 0.207 e. The molecule has 0 aliphatic carbocycles. The van der Waals surface area contributed by atoms with Gasteiger partial charge in [0.15, 0.2) is 0 Å². The van der Waals surface area contributed by atoms with E-state index in [2.05, 4.69) is 26.0 Å². The number of hydrogen-bond acceptors (Lipinski definition) is 5. The van der Waals surface area contributed by atoms with E-state index in [0.29, 0.717) is 11.3 Å². The molecule has 7 heteroatoms. The highest BCUT2D eigenvalue weighted by Gasteiger charge is 2.08. The van der Waals surface area contributed by atoms with Crippen LogP contribution in [-0.2, 0) is 0 Å². The number of nitrogens with one attached hydrogen (secondary N) is 2. The molecule has 0 saturated carbocycles. The van der Waals surface area contributed by atoms with E-state index in [-0.39, 0.29) is 10.9 Å². The first kappa shape index (κ1) is 18.2. The van der Waals surface area contributed by atoms with Gasteiger partial charge in [0, 0.05) is 17.3 Å². The molecule has 0 saturated heterocycles. The summed E-state index contributed by atoms with van der Waals surface area (Å²) in [6, 6.07) is 22.2. The number of hydrazone groups is 2. The number of aromatic nitrogens is 1. The van der Waals surface area contributed by atoms with Crippen LogP contribution in [0.2, 0.25) is 0 Å². The van der Waals surface area contributed by atoms with Crippen molar-refractivity contribution in [1.29, 1.82) is 0 Å². The first-order valence-electron chi connectivity index (χ1n) is 8.15. The van der Waals surface area contributed by atoms with Crippen LogP contribution in [0.15, 0.2) is 89.2 Å². The number of phenols is 1. The summed E-state index contributed by atoms with van der Waals surface area (Å²) in [4.78, 5) is 4.35. The molecule has 0 amide bonds. The summed E-state index contributed by atoms with van der Waals surface area (Å²) >= 11 is 5.19. The molecule has 0 aliphatic rings. The fraction of sp³-hybridized carbons (Fsp3) is 0. The van der Waals surface area contributed by atoms with E-state index >= 15 is 0 Å². The Morgan fingerprint density at radius 2 is 1.67 bits per heavy atom. The number of pyridine rings is 1. The maximum absolute atomic E-state index is 9.71. The monoisotopic (exact) mass is 375 g/mol. The van der Waals surface area contributed by atoms with Gasteiger partial charge in [-0.2, -0.15) is 10.2 Å². The van der Waals surface area contributed by atoms with E-state index in [4.69, 9.17) is 12.2 Å². The number of aromatic hydroxyl groups is 1. The molecule has 0 unspecified atom stereocenters. The number of rotatable bonds is 5. The van der Waals surface area contributed by atoms with Gasteiger partial charge in [-0.15, -0.1) is 0 Å². The predicted octanol–water partition coefficient (Wildman–Crippen LogP) is 3.04. The molecule has 0 fully saturated rings. The summed E-state index contributed by atoms with van der Waals surface area (Å²) < 4.78 is 0. The van der Waals surface area contributed by atoms with Crippen molar-refractivity contribution in [2.75, 3.05) is 0 Å². The molecule has 2 aromatic carbocycles. The maximum atomic E-state index is 9.71. The van der Waals surface area contributed by atoms with Crippen molar-refractivity contribution in [3.8, 4) is 5.75 Å². The molecule has 0 radical (unpaired) electrons. The lowest BCUT2D eigenvalue weighted by atomic mass is 10.1. The largest absolute Gasteiger partial charge is 0.507 e. The molecule has 3 aromatic rings. The SMILES string of the molecule is Oc1ccccc1/C=N/NC(=S)N/N=C(\c1ccccc1)c1ccccn1. The molecule has 0 atom stereocenters. The summed E-state index contributed by atoms with van der Waals surface area (Å²) in [5, 5.41) is 18.3. The maximum Gasteiger partial charge on any atom is 0.207 e. The Hall–Kier alpha value is -3.58. The Morgan fingerprint density at radius 1 is 0.926 bits per heavy atom. The first-order valence-corrected chi connectivity index (χ1v) is 8.56. The van der Waals surface area contributed by atoms with Crippen molar-refractivity contribution >= 4 is 29.3 Å². The van der Waals surface area contributed by atoms with Gasteiger partial charge in [-0.3, -0.25) is 15.8 Å². The average Bonchev–Trinajstić information content (AvgIpc) is 2.71. The Balaban J connectivity index is 1.71. The van der Waals surface area contributed by atoms with Gasteiger partial charge in [-0.05, 0) is 36.5 Å². The Bertz CT molecular complexity index is 917. The van der Waals surface area contributed by atoms with E-state index < -0.39 is 0 Å². The molecular weight excluding hydrogens is 358 g/mol. The zero-order valence-electron chi connectivity index (χ0n) is 14.3. The van der Waals surface area contributed by atoms with Crippen LogP contribution in [0, 0.1) is 0 Å². The number of hydrogen-bond donors (Lipinski definition) is 3. The van der Waals surface area contributed by atoms with Crippen LogP contribution in [0.25, 0.3) is 0 Å². The Morgan fingerprint density at radius 3 is 2.41 bits per heavy atom. The van der Waals surface area contributed by atoms with Crippen molar-refractivity contribution in [2.45, 2.75) is 0 Å². The van der Waals surface area contributed by atoms with Crippen LogP contribution in [0.5, 0.6) is 5.75 Å². The second kappa shape index (κ2) is 9.21. The van der Waals surface area contributed by atoms with Crippen LogP contribution < -0.4 is 10.9 Å². The minimum absolute atomic E-state index is 0.140. The van der Waals surface area contributed by atoms with Gasteiger partial charge in [0.1, 0.15) is 11.5 Å². The quantitative estimate of drug-likeness (QED) is 0.363. The summed E-state index contributed by atoms with van der Waals surface area (Å²) in [6.07, 6.45) is 3.19. The minimum Gasteiger partial charge on any atom is -0.507 e. The van der Waals surface area contributed by atoms with E-state index in [0.717, 1.165) is 11.3 Å². The van der Waals surface area contributed by atoms with Gasteiger partial charge in [0.05, 0.1) is 11.9 Å². The highest BCUT2D eigenvalue weighted by atomic mass is 32.1. The average molecular weight is 375 g/mol. The standard InChI is InChI=1S/C20H17N5OS/c26-18-12-5-4-10-16(18)14-22-24-20(27)25-23-19(15-8-2-1-3-9-15)17-11-6-7-13-21-17/h1-14,26H,(H2,24,25,27)/b22-14+,23-19+. The van der Waals surface area contributed by atoms with Crippen molar-refractivity contribution < 1.29 is 5.11 Å². The molecule has 6 nitrogen and oxygen atoms in total. The Labute approximate surface area is 162 Å². The van der Waals surface area contributed by atoms with Gasteiger partial charge in [-0.1, -0.05) is 48.5 Å². The molecular formula is C20H17N5OS. The summed E-state index contributed by atoms with van der Waals surface area (Å²) in [7, 11) is 0. The van der Waals surface area contributed by atoms with Gasteiger partial charge >= 0.3 is 0 Å². The van der Waals surface area contributed by atoms with Gasteiger partial charge in [-0.25, -0.2) is 0 Å². The number of thiocarbonyl (C=S) groups is 1. The number of nitrogens with zero attached hydrogens (tertiary/aromatic N) is 3. The first-order chi connectivity index (χ1) is 13.2. The molecule has 134 valence electrons. The van der Waals surface area contributed by atoms with Crippen LogP contribution in [0.3, 0.4) is 0 Å². The highest BCUT2D eigenvalue weighted by Crippen LogP contribution is 2.12. The molecule has 1 heterocycles. The lowest BCUT2D eigenvalue weighted by Crippen LogP contribution is -2.29. The molecule has 0 spiro atoms. The molecule has 27 heavy (non-hydrogen) atoms. The second-order valence-corrected chi connectivity index (χ2v) is 5.82. The van der Waals surface area contributed by atoms with Gasteiger partial charge in [0.25, 0.3) is 0 Å². The van der Waals surface area contributed by atoms with Gasteiger partial charge in [0.2, 0.25) is 5.11 Å². The molecule has 0 aliphatic heterocycles. The minimum atomic E-state index is 0.140. The molecule has 3 N–H and O–H groups in total. The van der Waals surface area contributed by atoms with E-state index in [1.807, 2.05) is 48.5 Å². The van der Waals surface area contributed by atoms with Crippen molar-refractivity contribution in [3.63, 3.8) is 0 Å². The molecule has 3 rings (SSSR count). The predicted molar refractivity (Wildman–Crippen MR) is 111 cm³/mol. The van der Waals surface area contributed by atoms with Crippen LogP contribution in [0.4, 0.5) is 0 Å². The second-order valence-electron chi connectivity index (χ2n) is 5.41. The van der Waals surface area contributed by atoms with Crippen molar-refractivity contribution in [2.24, 2.45) is 10.2 Å². The topological polar surface area (TPSA) is 81.9 Å². The fourth-order valence-corrected chi connectivity index (χ4v) is 2.36. The number of benzene rings is 2. The third-order valence-electron chi connectivity index (χ3n) is 3.53. The van der Waals surface area contributed by atoms with Crippen LogP contribution in [0.1, 0.15) is 16.8 Å². The van der Waals surface area contributed by atoms with E-state index in [1.165, 1.54) is 6.21 Å². The highest BCUT2D eigenvalue weighted by molar-refractivity contribution is 7.80. The molecule has 1 aromatic heterocycles. The summed E-state index contributed by atoms with van der Waals surface area (Å²) in [6.45, 7) is 0. The normalized spacial score (nSPS) is 11.3. The zero-order valence-corrected chi connectivity index (χ0v) is 15.1. The van der Waals surface area contributed by atoms with Gasteiger partial charge < -0.3 is 5.11 Å². The summed E-state index contributed by atoms with van der Waals surface area (Å²) in [5.74, 6) is 0.140. The Kier molecular flexibility index (Phi) is 6.21. The fourth-order valence-electron chi connectivity index (χ4n) is 2.26. The number of phenolic OH excluding ortho intramolecular Hbond substituents is 1. The van der Waals surface area contributed by atoms with Crippen LogP contribution >= 0.6 is 12.2 Å². The van der Waals surface area contributed by atoms with Crippen LogP contribution in [-0.4, -0.2) is 27.1 Å². The van der Waals surface area contributed by atoms with E-state index in [1.54, 1.807) is 30.5 Å².